The molecule has 0 N–H and O–H groups in total. The van der Waals surface area contributed by atoms with Gasteiger partial charge in [-0.3, -0.25) is 4.79 Å². The maximum atomic E-state index is 12.5. The van der Waals surface area contributed by atoms with Crippen molar-refractivity contribution in [3.8, 4) is 5.69 Å². The number of hydrogen-bond donors (Lipinski definition) is 0. The number of nitrogens with zero attached hydrogens (tertiary/aromatic N) is 2. The van der Waals surface area contributed by atoms with E-state index < -0.39 is 0 Å². The van der Waals surface area contributed by atoms with E-state index in [2.05, 4.69) is 5.10 Å². The number of carbonyl (C=O) groups excluding carboxylic acids is 1. The fourth-order valence-corrected chi connectivity index (χ4v) is 3.06. The molecule has 0 spiro atoms. The second kappa shape index (κ2) is 5.23. The third-order valence-electron chi connectivity index (χ3n) is 2.98. The van der Waals surface area contributed by atoms with Gasteiger partial charge in [-0.25, -0.2) is 4.68 Å². The molecule has 0 amide bonds. The molecule has 1 aromatic carbocycles. The first-order valence-corrected chi connectivity index (χ1v) is 7.33. The topological polar surface area (TPSA) is 34.9 Å². The predicted molar refractivity (Wildman–Crippen MR) is 81.1 cm³/mol. The molecule has 0 bridgehead atoms. The standard InChI is InChI=1S/C15H11ClN2OS/c1-10-13(14(19)12-8-5-9-20-12)15(16)18(17-10)11-6-3-2-4-7-11/h2-9H,1H3. The van der Waals surface area contributed by atoms with Crippen molar-refractivity contribution in [2.45, 2.75) is 6.92 Å². The van der Waals surface area contributed by atoms with E-state index >= 15 is 0 Å². The molecule has 3 aromatic rings. The number of carbonyl (C=O) groups is 1. The van der Waals surface area contributed by atoms with Crippen molar-refractivity contribution in [2.24, 2.45) is 0 Å². The number of aryl methyl sites for hydroxylation is 1. The average Bonchev–Trinajstić information content (AvgIpc) is 3.08. The minimum absolute atomic E-state index is 0.0790. The van der Waals surface area contributed by atoms with Gasteiger partial charge in [0.05, 0.1) is 21.8 Å². The molecule has 5 heteroatoms. The van der Waals surface area contributed by atoms with Crippen LogP contribution < -0.4 is 0 Å². The van der Waals surface area contributed by atoms with Crippen LogP contribution in [0.2, 0.25) is 5.15 Å². The van der Waals surface area contributed by atoms with E-state index in [0.717, 1.165) is 5.69 Å². The lowest BCUT2D eigenvalue weighted by molar-refractivity contribution is 0.104. The fraction of sp³-hybridized carbons (Fsp3) is 0.0667. The van der Waals surface area contributed by atoms with Gasteiger partial charge >= 0.3 is 0 Å². The zero-order valence-corrected chi connectivity index (χ0v) is 12.3. The van der Waals surface area contributed by atoms with Crippen LogP contribution in [0.3, 0.4) is 0 Å². The smallest absolute Gasteiger partial charge is 0.207 e. The average molecular weight is 303 g/mol. The molecule has 0 aliphatic carbocycles. The van der Waals surface area contributed by atoms with E-state index in [0.29, 0.717) is 21.3 Å². The molecular weight excluding hydrogens is 292 g/mol. The Hall–Kier alpha value is -1.91. The van der Waals surface area contributed by atoms with Crippen LogP contribution in [0.5, 0.6) is 0 Å². The number of rotatable bonds is 3. The van der Waals surface area contributed by atoms with Gasteiger partial charge in [0.2, 0.25) is 5.78 Å². The van der Waals surface area contributed by atoms with Crippen LogP contribution in [0.25, 0.3) is 5.69 Å². The highest BCUT2D eigenvalue weighted by Gasteiger charge is 2.22. The van der Waals surface area contributed by atoms with Crippen LogP contribution in [-0.4, -0.2) is 15.6 Å². The Morgan fingerprint density at radius 3 is 2.60 bits per heavy atom. The zero-order valence-electron chi connectivity index (χ0n) is 10.7. The molecule has 3 rings (SSSR count). The van der Waals surface area contributed by atoms with Gasteiger partial charge in [-0.15, -0.1) is 11.3 Å². The van der Waals surface area contributed by atoms with Gasteiger partial charge in [0, 0.05) is 0 Å². The molecule has 0 radical (unpaired) electrons. The molecule has 0 fully saturated rings. The summed E-state index contributed by atoms with van der Waals surface area (Å²) in [4.78, 5) is 13.1. The monoisotopic (exact) mass is 302 g/mol. The van der Waals surface area contributed by atoms with Crippen LogP contribution in [-0.2, 0) is 0 Å². The van der Waals surface area contributed by atoms with E-state index in [1.54, 1.807) is 17.7 Å². The fourth-order valence-electron chi connectivity index (χ4n) is 2.03. The molecule has 2 aromatic heterocycles. The molecule has 2 heterocycles. The molecule has 0 unspecified atom stereocenters. The molecule has 3 nitrogen and oxygen atoms in total. The summed E-state index contributed by atoms with van der Waals surface area (Å²) in [6.07, 6.45) is 0. The van der Waals surface area contributed by atoms with E-state index in [4.69, 9.17) is 11.6 Å². The van der Waals surface area contributed by atoms with Crippen molar-refractivity contribution in [1.29, 1.82) is 0 Å². The van der Waals surface area contributed by atoms with E-state index in [1.807, 2.05) is 41.8 Å². The Bertz CT molecular complexity index is 748. The lowest BCUT2D eigenvalue weighted by atomic mass is 10.1. The highest BCUT2D eigenvalue weighted by Crippen LogP contribution is 2.27. The second-order valence-electron chi connectivity index (χ2n) is 4.30. The third kappa shape index (κ3) is 2.17. The Balaban J connectivity index is 2.10. The first-order valence-electron chi connectivity index (χ1n) is 6.07. The van der Waals surface area contributed by atoms with Crippen molar-refractivity contribution in [2.75, 3.05) is 0 Å². The van der Waals surface area contributed by atoms with E-state index in [9.17, 15) is 4.79 Å². The van der Waals surface area contributed by atoms with Gasteiger partial charge in [0.25, 0.3) is 0 Å². The number of thiophene rings is 1. The summed E-state index contributed by atoms with van der Waals surface area (Å²) in [6.45, 7) is 1.80. The molecule has 20 heavy (non-hydrogen) atoms. The molecule has 0 aliphatic rings. The van der Waals surface area contributed by atoms with Gasteiger partial charge < -0.3 is 0 Å². The van der Waals surface area contributed by atoms with Crippen molar-refractivity contribution >= 4 is 28.7 Å². The molecular formula is C15H11ClN2OS. The summed E-state index contributed by atoms with van der Waals surface area (Å²) in [5.41, 5.74) is 1.95. The number of hydrogen-bond acceptors (Lipinski definition) is 3. The van der Waals surface area contributed by atoms with Crippen LogP contribution in [0.1, 0.15) is 20.9 Å². The Morgan fingerprint density at radius 1 is 1.20 bits per heavy atom. The first kappa shape index (κ1) is 13.1. The highest BCUT2D eigenvalue weighted by molar-refractivity contribution is 7.12. The molecule has 0 atom stereocenters. The summed E-state index contributed by atoms with van der Waals surface area (Å²) in [6, 6.07) is 13.2. The third-order valence-corrected chi connectivity index (χ3v) is 4.19. The van der Waals surface area contributed by atoms with Gasteiger partial charge in [0.1, 0.15) is 5.15 Å². The van der Waals surface area contributed by atoms with Crippen LogP contribution in [0.15, 0.2) is 47.8 Å². The van der Waals surface area contributed by atoms with Crippen molar-refractivity contribution in [3.63, 3.8) is 0 Å². The molecule has 0 saturated heterocycles. The van der Waals surface area contributed by atoms with E-state index in [-0.39, 0.29) is 5.78 Å². The van der Waals surface area contributed by atoms with Gasteiger partial charge in [-0.2, -0.15) is 5.10 Å². The number of aromatic nitrogens is 2. The maximum absolute atomic E-state index is 12.5. The number of ketones is 1. The highest BCUT2D eigenvalue weighted by atomic mass is 35.5. The Morgan fingerprint density at radius 2 is 1.95 bits per heavy atom. The molecule has 100 valence electrons. The Kier molecular flexibility index (Phi) is 3.42. The van der Waals surface area contributed by atoms with Gasteiger partial charge in [0.15, 0.2) is 0 Å². The maximum Gasteiger partial charge on any atom is 0.207 e. The molecule has 0 aliphatic heterocycles. The van der Waals surface area contributed by atoms with Crippen molar-refractivity contribution in [1.82, 2.24) is 9.78 Å². The summed E-state index contributed by atoms with van der Waals surface area (Å²) in [5.74, 6) is -0.0790. The Labute approximate surface area is 125 Å². The van der Waals surface area contributed by atoms with Crippen LogP contribution >= 0.6 is 22.9 Å². The molecule has 0 saturated carbocycles. The minimum atomic E-state index is -0.0790. The summed E-state index contributed by atoms with van der Waals surface area (Å²) in [5, 5.41) is 6.61. The quantitative estimate of drug-likeness (QED) is 0.682. The number of para-hydroxylation sites is 1. The van der Waals surface area contributed by atoms with Crippen LogP contribution in [0.4, 0.5) is 0 Å². The number of halogens is 1. The SMILES string of the molecule is Cc1nn(-c2ccccc2)c(Cl)c1C(=O)c1cccs1. The summed E-state index contributed by atoms with van der Waals surface area (Å²) >= 11 is 7.76. The lowest BCUT2D eigenvalue weighted by Gasteiger charge is -2.02. The first-order chi connectivity index (χ1) is 9.68. The minimum Gasteiger partial charge on any atom is -0.288 e. The van der Waals surface area contributed by atoms with Crippen molar-refractivity contribution in [3.05, 3.63) is 69.1 Å². The van der Waals surface area contributed by atoms with E-state index in [1.165, 1.54) is 11.3 Å². The summed E-state index contributed by atoms with van der Waals surface area (Å²) < 4.78 is 1.59. The zero-order chi connectivity index (χ0) is 14.1. The number of benzene rings is 1. The van der Waals surface area contributed by atoms with Crippen LogP contribution in [0, 0.1) is 6.92 Å². The van der Waals surface area contributed by atoms with Gasteiger partial charge in [-0.1, -0.05) is 35.9 Å². The largest absolute Gasteiger partial charge is 0.288 e. The second-order valence-corrected chi connectivity index (χ2v) is 5.61. The predicted octanol–water partition coefficient (Wildman–Crippen LogP) is 4.13. The lowest BCUT2D eigenvalue weighted by Crippen LogP contribution is -2.01. The normalized spacial score (nSPS) is 10.7. The van der Waals surface area contributed by atoms with Crippen molar-refractivity contribution < 1.29 is 4.79 Å². The summed E-state index contributed by atoms with van der Waals surface area (Å²) in [7, 11) is 0. The van der Waals surface area contributed by atoms with Gasteiger partial charge in [-0.05, 0) is 30.5 Å².